The summed E-state index contributed by atoms with van der Waals surface area (Å²) in [5.74, 6) is 0.523. The van der Waals surface area contributed by atoms with E-state index in [0.717, 1.165) is 6.26 Å². The minimum atomic E-state index is -3.48. The Kier molecular flexibility index (Phi) is 4.32. The molecule has 0 amide bonds. The number of anilines is 1. The number of methoxy groups -OCH3 is 1. The molecule has 0 aliphatic heterocycles. The zero-order valence-electron chi connectivity index (χ0n) is 11.5. The van der Waals surface area contributed by atoms with Gasteiger partial charge in [-0.1, -0.05) is 6.07 Å². The molecular formula is C14H14FNO4S. The summed E-state index contributed by atoms with van der Waals surface area (Å²) < 4.78 is 48.8. The molecule has 1 N–H and O–H groups in total. The van der Waals surface area contributed by atoms with Crippen molar-refractivity contribution in [1.29, 1.82) is 0 Å². The van der Waals surface area contributed by atoms with Crippen molar-refractivity contribution in [2.45, 2.75) is 0 Å². The Morgan fingerprint density at radius 2 is 1.86 bits per heavy atom. The number of sulfonamides is 1. The lowest BCUT2D eigenvalue weighted by Crippen LogP contribution is -2.10. The van der Waals surface area contributed by atoms with Gasteiger partial charge in [0.2, 0.25) is 10.0 Å². The summed E-state index contributed by atoms with van der Waals surface area (Å²) >= 11 is 0. The third-order valence-electron chi connectivity index (χ3n) is 2.51. The first-order chi connectivity index (χ1) is 9.87. The second-order valence-electron chi connectivity index (χ2n) is 4.30. The van der Waals surface area contributed by atoms with Crippen molar-refractivity contribution in [3.63, 3.8) is 0 Å². The maximum Gasteiger partial charge on any atom is 0.229 e. The summed E-state index contributed by atoms with van der Waals surface area (Å²) in [6.45, 7) is 0. The van der Waals surface area contributed by atoms with E-state index < -0.39 is 15.8 Å². The van der Waals surface area contributed by atoms with Crippen LogP contribution >= 0.6 is 0 Å². The standard InChI is InChI=1S/C14H14FNO4S/c1-19-11-6-7-14(13(9-11)16-21(2,17)18)20-12-5-3-4-10(15)8-12/h3-9,16H,1-2H3. The molecule has 112 valence electrons. The van der Waals surface area contributed by atoms with E-state index in [2.05, 4.69) is 4.72 Å². The lowest BCUT2D eigenvalue weighted by atomic mass is 10.2. The minimum absolute atomic E-state index is 0.209. The lowest BCUT2D eigenvalue weighted by molar-refractivity contribution is 0.413. The SMILES string of the molecule is COc1ccc(Oc2cccc(F)c2)c(NS(C)(=O)=O)c1. The first kappa shape index (κ1) is 15.1. The fraction of sp³-hybridized carbons (Fsp3) is 0.143. The normalized spacial score (nSPS) is 11.0. The molecule has 0 fully saturated rings. The predicted molar refractivity (Wildman–Crippen MR) is 77.9 cm³/mol. The Morgan fingerprint density at radius 1 is 1.10 bits per heavy atom. The smallest absolute Gasteiger partial charge is 0.229 e. The molecule has 0 atom stereocenters. The number of ether oxygens (including phenoxy) is 2. The van der Waals surface area contributed by atoms with Crippen molar-refractivity contribution in [3.8, 4) is 17.2 Å². The van der Waals surface area contributed by atoms with Gasteiger partial charge in [0.25, 0.3) is 0 Å². The molecule has 0 saturated heterocycles. The second kappa shape index (κ2) is 6.01. The molecule has 2 aromatic carbocycles. The van der Waals surface area contributed by atoms with E-state index in [0.29, 0.717) is 5.75 Å². The van der Waals surface area contributed by atoms with Crippen LogP contribution in [0.1, 0.15) is 0 Å². The van der Waals surface area contributed by atoms with Crippen LogP contribution in [0, 0.1) is 5.82 Å². The van der Waals surface area contributed by atoms with Crippen LogP contribution < -0.4 is 14.2 Å². The molecule has 0 unspecified atom stereocenters. The minimum Gasteiger partial charge on any atom is -0.497 e. The molecule has 2 aromatic rings. The molecule has 0 aliphatic rings. The number of nitrogens with one attached hydrogen (secondary N) is 1. The summed E-state index contributed by atoms with van der Waals surface area (Å²) in [7, 11) is -2.02. The highest BCUT2D eigenvalue weighted by atomic mass is 32.2. The Hall–Kier alpha value is -2.28. The number of hydrogen-bond donors (Lipinski definition) is 1. The maximum atomic E-state index is 13.1. The first-order valence-electron chi connectivity index (χ1n) is 5.96. The topological polar surface area (TPSA) is 64.6 Å². The predicted octanol–water partition coefficient (Wildman–Crippen LogP) is 3.00. The molecule has 0 aliphatic carbocycles. The fourth-order valence-corrected chi connectivity index (χ4v) is 2.22. The van der Waals surface area contributed by atoms with Crippen LogP contribution in [0.15, 0.2) is 42.5 Å². The van der Waals surface area contributed by atoms with Crippen molar-refractivity contribution in [3.05, 3.63) is 48.3 Å². The maximum absolute atomic E-state index is 13.1. The van der Waals surface area contributed by atoms with Gasteiger partial charge in [0, 0.05) is 12.1 Å². The highest BCUT2D eigenvalue weighted by molar-refractivity contribution is 7.92. The molecule has 0 saturated carbocycles. The summed E-state index contributed by atoms with van der Waals surface area (Å²) in [5.41, 5.74) is 0.209. The largest absolute Gasteiger partial charge is 0.497 e. The third-order valence-corrected chi connectivity index (χ3v) is 3.10. The average molecular weight is 311 g/mol. The van der Waals surface area contributed by atoms with Crippen LogP contribution in [0.25, 0.3) is 0 Å². The van der Waals surface area contributed by atoms with Gasteiger partial charge >= 0.3 is 0 Å². The van der Waals surface area contributed by atoms with E-state index in [1.807, 2.05) is 0 Å². The molecule has 0 spiro atoms. The van der Waals surface area contributed by atoms with Gasteiger partial charge < -0.3 is 9.47 Å². The van der Waals surface area contributed by atoms with Crippen molar-refractivity contribution in [1.82, 2.24) is 0 Å². The molecule has 0 aromatic heterocycles. The van der Waals surface area contributed by atoms with Gasteiger partial charge in [-0.25, -0.2) is 12.8 Å². The number of benzene rings is 2. The van der Waals surface area contributed by atoms with E-state index in [9.17, 15) is 12.8 Å². The first-order valence-corrected chi connectivity index (χ1v) is 7.86. The molecule has 7 heteroatoms. The number of hydrogen-bond acceptors (Lipinski definition) is 4. The molecule has 2 rings (SSSR count). The van der Waals surface area contributed by atoms with Gasteiger partial charge in [-0.05, 0) is 24.3 Å². The molecule has 5 nitrogen and oxygen atoms in total. The van der Waals surface area contributed by atoms with Crippen LogP contribution in [-0.2, 0) is 10.0 Å². The molecule has 0 bridgehead atoms. The summed E-state index contributed by atoms with van der Waals surface area (Å²) in [5, 5.41) is 0. The highest BCUT2D eigenvalue weighted by Crippen LogP contribution is 2.33. The molecule has 21 heavy (non-hydrogen) atoms. The van der Waals surface area contributed by atoms with Crippen LogP contribution in [-0.4, -0.2) is 21.8 Å². The quantitative estimate of drug-likeness (QED) is 0.922. The highest BCUT2D eigenvalue weighted by Gasteiger charge is 2.11. The van der Waals surface area contributed by atoms with Crippen LogP contribution in [0.2, 0.25) is 0 Å². The van der Waals surface area contributed by atoms with Crippen molar-refractivity contribution >= 4 is 15.7 Å². The van der Waals surface area contributed by atoms with Crippen LogP contribution in [0.5, 0.6) is 17.2 Å². The van der Waals surface area contributed by atoms with Crippen LogP contribution in [0.3, 0.4) is 0 Å². The Balaban J connectivity index is 2.37. The van der Waals surface area contributed by atoms with Crippen LogP contribution in [0.4, 0.5) is 10.1 Å². The van der Waals surface area contributed by atoms with Crippen molar-refractivity contribution < 1.29 is 22.3 Å². The van der Waals surface area contributed by atoms with Crippen molar-refractivity contribution in [2.75, 3.05) is 18.1 Å². The van der Waals surface area contributed by atoms with Gasteiger partial charge in [-0.2, -0.15) is 0 Å². The summed E-state index contributed by atoms with van der Waals surface area (Å²) in [6.07, 6.45) is 1.03. The van der Waals surface area contributed by atoms with Gasteiger partial charge in [0.05, 0.1) is 19.1 Å². The summed E-state index contributed by atoms with van der Waals surface area (Å²) in [6, 6.07) is 10.2. The Bertz CT molecular complexity index is 746. The summed E-state index contributed by atoms with van der Waals surface area (Å²) in [4.78, 5) is 0. The zero-order valence-corrected chi connectivity index (χ0v) is 12.3. The van der Waals surface area contributed by atoms with E-state index in [-0.39, 0.29) is 17.2 Å². The van der Waals surface area contributed by atoms with Gasteiger partial charge in [-0.15, -0.1) is 0 Å². The fourth-order valence-electron chi connectivity index (χ4n) is 1.66. The Labute approximate surface area is 122 Å². The average Bonchev–Trinajstić information content (AvgIpc) is 2.39. The van der Waals surface area contributed by atoms with E-state index in [4.69, 9.17) is 9.47 Å². The lowest BCUT2D eigenvalue weighted by Gasteiger charge is -2.13. The number of halogens is 1. The second-order valence-corrected chi connectivity index (χ2v) is 6.04. The van der Waals surface area contributed by atoms with E-state index in [1.165, 1.54) is 37.4 Å². The van der Waals surface area contributed by atoms with E-state index >= 15 is 0 Å². The molecule has 0 radical (unpaired) electrons. The van der Waals surface area contributed by atoms with E-state index in [1.54, 1.807) is 12.1 Å². The van der Waals surface area contributed by atoms with Gasteiger partial charge in [0.1, 0.15) is 17.3 Å². The monoisotopic (exact) mass is 311 g/mol. The van der Waals surface area contributed by atoms with Crippen molar-refractivity contribution in [2.24, 2.45) is 0 Å². The zero-order chi connectivity index (χ0) is 15.5. The van der Waals surface area contributed by atoms with Gasteiger partial charge in [0.15, 0.2) is 5.75 Å². The third kappa shape index (κ3) is 4.35. The molecular weight excluding hydrogens is 297 g/mol. The molecule has 0 heterocycles. The Morgan fingerprint density at radius 3 is 2.48 bits per heavy atom. The number of rotatable bonds is 5. The van der Waals surface area contributed by atoms with Gasteiger partial charge in [-0.3, -0.25) is 4.72 Å².